The number of oxazole rings is 1. The molecule has 37 heavy (non-hydrogen) atoms. The number of thiophene rings is 1. The van der Waals surface area contributed by atoms with Gasteiger partial charge in [0, 0.05) is 27.6 Å². The number of halogens is 2. The molecule has 8 heteroatoms. The Morgan fingerprint density at radius 2 is 1.51 bits per heavy atom. The Labute approximate surface area is 224 Å². The lowest BCUT2D eigenvalue weighted by Crippen LogP contribution is -2.03. The number of rotatable bonds is 3. The van der Waals surface area contributed by atoms with Gasteiger partial charge in [0.1, 0.15) is 0 Å². The molecule has 1 aliphatic carbocycles. The summed E-state index contributed by atoms with van der Waals surface area (Å²) >= 11 is 13.8. The molecular weight excluding hydrogens is 527 g/mol. The largest absolute Gasteiger partial charge is 0.434 e. The highest BCUT2D eigenvalue weighted by Crippen LogP contribution is 2.38. The Morgan fingerprint density at radius 3 is 2.22 bits per heavy atom. The fourth-order valence-corrected chi connectivity index (χ4v) is 5.96. The van der Waals surface area contributed by atoms with Gasteiger partial charge in [0.15, 0.2) is 22.8 Å². The molecule has 3 aromatic carbocycles. The Hall–Kier alpha value is -3.97. The van der Waals surface area contributed by atoms with Crippen LogP contribution in [0.1, 0.15) is 26.4 Å². The second kappa shape index (κ2) is 8.28. The van der Waals surface area contributed by atoms with E-state index in [-0.39, 0.29) is 26.7 Å². The second-order valence-corrected chi connectivity index (χ2v) is 10.5. The van der Waals surface area contributed by atoms with Gasteiger partial charge in [-0.2, -0.15) is 4.98 Å². The molecule has 0 fully saturated rings. The number of hydrogen-bond acceptors (Lipinski definition) is 5. The molecule has 0 N–H and O–H groups in total. The number of para-hydroxylation sites is 1. The lowest BCUT2D eigenvalue weighted by atomic mass is 10.1. The summed E-state index contributed by atoms with van der Waals surface area (Å²) in [5.41, 5.74) is 3.08. The maximum atomic E-state index is 13.2. The van der Waals surface area contributed by atoms with Crippen molar-refractivity contribution >= 4 is 73.5 Å². The van der Waals surface area contributed by atoms with Crippen molar-refractivity contribution in [3.05, 3.63) is 111 Å². The molecule has 0 aliphatic heterocycles. The molecule has 178 valence electrons. The predicted octanol–water partition coefficient (Wildman–Crippen LogP) is 8.27. The van der Waals surface area contributed by atoms with Crippen LogP contribution in [-0.4, -0.2) is 21.1 Å². The summed E-state index contributed by atoms with van der Waals surface area (Å²) in [5, 5.41) is 1.58. The summed E-state index contributed by atoms with van der Waals surface area (Å²) in [4.78, 5) is 32.1. The molecule has 0 saturated carbocycles. The van der Waals surface area contributed by atoms with Crippen LogP contribution in [-0.2, 0) is 0 Å². The summed E-state index contributed by atoms with van der Waals surface area (Å²) in [6.45, 7) is 0. The van der Waals surface area contributed by atoms with Gasteiger partial charge in [-0.1, -0.05) is 59.6 Å². The number of fused-ring (bicyclic) bond motifs is 3. The minimum Gasteiger partial charge on any atom is -0.434 e. The number of hydrogen-bond donors (Lipinski definition) is 0. The summed E-state index contributed by atoms with van der Waals surface area (Å²) in [6.07, 6.45) is 1.58. The van der Waals surface area contributed by atoms with Gasteiger partial charge in [-0.25, -0.2) is 0 Å². The predicted molar refractivity (Wildman–Crippen MR) is 147 cm³/mol. The Balaban J connectivity index is 1.40. The Kier molecular flexibility index (Phi) is 4.98. The summed E-state index contributed by atoms with van der Waals surface area (Å²) in [6, 6.07) is 24.5. The number of allylic oxidation sites excluding steroid dienone is 1. The molecule has 0 bridgehead atoms. The highest BCUT2D eigenvalue weighted by molar-refractivity contribution is 7.22. The third kappa shape index (κ3) is 3.49. The quantitative estimate of drug-likeness (QED) is 0.167. The first-order valence-electron chi connectivity index (χ1n) is 11.3. The second-order valence-electron chi connectivity index (χ2n) is 8.62. The fourth-order valence-electron chi connectivity index (χ4n) is 4.64. The zero-order valence-corrected chi connectivity index (χ0v) is 21.2. The number of ketones is 2. The van der Waals surface area contributed by atoms with E-state index in [2.05, 4.69) is 18.2 Å². The molecule has 1 aliphatic rings. The maximum Gasteiger partial charge on any atom is 0.239 e. The third-order valence-electron chi connectivity index (χ3n) is 6.37. The third-order valence-corrected chi connectivity index (χ3v) is 8.19. The van der Waals surface area contributed by atoms with E-state index < -0.39 is 11.6 Å². The van der Waals surface area contributed by atoms with Crippen LogP contribution >= 0.6 is 34.5 Å². The summed E-state index contributed by atoms with van der Waals surface area (Å²) in [5.74, 6) is -0.273. The van der Waals surface area contributed by atoms with Gasteiger partial charge in [0.2, 0.25) is 5.89 Å². The number of Topliss-reactive ketones (excluding diaryl/α,β-unsaturated/α-hetero) is 2. The molecule has 0 unspecified atom stereocenters. The van der Waals surface area contributed by atoms with Crippen molar-refractivity contribution in [2.75, 3.05) is 0 Å². The zero-order valence-electron chi connectivity index (χ0n) is 18.9. The lowest BCUT2D eigenvalue weighted by molar-refractivity contribution is 0.0990. The highest BCUT2D eigenvalue weighted by Gasteiger charge is 2.34. The minimum absolute atomic E-state index is 0.0374. The van der Waals surface area contributed by atoms with Crippen LogP contribution in [0, 0.1) is 0 Å². The van der Waals surface area contributed by atoms with Crippen LogP contribution in [0.15, 0.2) is 88.9 Å². The van der Waals surface area contributed by atoms with Crippen molar-refractivity contribution in [3.8, 4) is 16.5 Å². The molecular formula is C29H14Cl2N2O3S. The van der Waals surface area contributed by atoms with Crippen molar-refractivity contribution < 1.29 is 14.0 Å². The molecule has 3 heterocycles. The van der Waals surface area contributed by atoms with Gasteiger partial charge in [0.05, 0.1) is 26.2 Å². The van der Waals surface area contributed by atoms with Gasteiger partial charge in [-0.3, -0.25) is 14.2 Å². The van der Waals surface area contributed by atoms with Crippen LogP contribution in [0.4, 0.5) is 0 Å². The van der Waals surface area contributed by atoms with E-state index in [1.165, 1.54) is 12.1 Å². The van der Waals surface area contributed by atoms with Crippen LogP contribution in [0.5, 0.6) is 0 Å². The van der Waals surface area contributed by atoms with Gasteiger partial charge in [-0.05, 0) is 47.9 Å². The standard InChI is InChI=1S/C29H14Cl2N2O3S/c30-21-13-18-19(14-22(21)31)27(35)20(26(18)34)11-17-12-23-28(33(17)16-7-2-1-3-8-16)32-29(36-23)25-10-15-6-4-5-9-24(15)37-25/h1-14H. The minimum atomic E-state index is -0.394. The van der Waals surface area contributed by atoms with E-state index in [1.807, 2.05) is 47.0 Å². The number of nitrogens with zero attached hydrogens (tertiary/aromatic N) is 2. The first kappa shape index (κ1) is 22.2. The average Bonchev–Trinajstić information content (AvgIpc) is 3.64. The van der Waals surface area contributed by atoms with Crippen molar-refractivity contribution in [1.82, 2.24) is 9.55 Å². The first-order valence-corrected chi connectivity index (χ1v) is 12.9. The number of benzene rings is 3. The molecule has 0 spiro atoms. The van der Waals surface area contributed by atoms with Crippen molar-refractivity contribution in [3.63, 3.8) is 0 Å². The molecule has 5 nitrogen and oxygen atoms in total. The van der Waals surface area contributed by atoms with E-state index in [9.17, 15) is 9.59 Å². The van der Waals surface area contributed by atoms with Crippen LogP contribution in [0.25, 0.3) is 43.8 Å². The molecule has 0 amide bonds. The monoisotopic (exact) mass is 540 g/mol. The van der Waals surface area contributed by atoms with Gasteiger partial charge in [-0.15, -0.1) is 11.3 Å². The first-order chi connectivity index (χ1) is 18.0. The number of carbonyl (C=O) groups excluding carboxylic acids is 2. The van der Waals surface area contributed by atoms with Crippen LogP contribution < -0.4 is 0 Å². The summed E-state index contributed by atoms with van der Waals surface area (Å²) < 4.78 is 9.21. The Bertz CT molecular complexity index is 1870. The van der Waals surface area contributed by atoms with Crippen molar-refractivity contribution in [2.45, 2.75) is 0 Å². The molecule has 6 aromatic rings. The maximum absolute atomic E-state index is 13.2. The molecule has 7 rings (SSSR count). The number of aromatic nitrogens is 2. The summed E-state index contributed by atoms with van der Waals surface area (Å²) in [7, 11) is 0. The van der Waals surface area contributed by atoms with Crippen molar-refractivity contribution in [2.24, 2.45) is 0 Å². The van der Waals surface area contributed by atoms with Crippen molar-refractivity contribution in [1.29, 1.82) is 0 Å². The van der Waals surface area contributed by atoms with Gasteiger partial charge >= 0.3 is 0 Å². The van der Waals surface area contributed by atoms with E-state index in [4.69, 9.17) is 32.6 Å². The molecule has 3 aromatic heterocycles. The lowest BCUT2D eigenvalue weighted by Gasteiger charge is -2.07. The zero-order chi connectivity index (χ0) is 25.3. The van der Waals surface area contributed by atoms with E-state index >= 15 is 0 Å². The fraction of sp³-hybridized carbons (Fsp3) is 0. The van der Waals surface area contributed by atoms with Crippen LogP contribution in [0.2, 0.25) is 10.0 Å². The van der Waals surface area contributed by atoms with Crippen LogP contribution in [0.3, 0.4) is 0 Å². The number of carbonyl (C=O) groups is 2. The van der Waals surface area contributed by atoms with E-state index in [0.29, 0.717) is 22.8 Å². The smallest absolute Gasteiger partial charge is 0.239 e. The van der Waals surface area contributed by atoms with Gasteiger partial charge in [0.25, 0.3) is 0 Å². The normalized spacial score (nSPS) is 13.2. The molecule has 0 radical (unpaired) electrons. The molecule has 0 atom stereocenters. The average molecular weight is 541 g/mol. The van der Waals surface area contributed by atoms with Gasteiger partial charge < -0.3 is 4.42 Å². The highest BCUT2D eigenvalue weighted by atomic mass is 35.5. The topological polar surface area (TPSA) is 65.1 Å². The molecule has 0 saturated heterocycles. The van der Waals surface area contributed by atoms with E-state index in [1.54, 1.807) is 23.5 Å². The van der Waals surface area contributed by atoms with E-state index in [0.717, 1.165) is 20.7 Å². The Morgan fingerprint density at radius 1 is 0.838 bits per heavy atom. The SMILES string of the molecule is O=C1C(=Cc2cc3oc(-c4cc5ccccc5s4)nc3n2-c2ccccc2)C(=O)c2cc(Cl)c(Cl)cc21.